The largest absolute Gasteiger partial charge is 0.359 e. The van der Waals surface area contributed by atoms with Gasteiger partial charge in [-0.25, -0.2) is 9.97 Å². The third-order valence-electron chi connectivity index (χ3n) is 1.81. The maximum atomic E-state index is 5.16. The first-order valence-electron chi connectivity index (χ1n) is 4.43. The Hall–Kier alpha value is -1.86. The molecule has 0 aromatic carbocycles. The van der Waals surface area contributed by atoms with Crippen molar-refractivity contribution in [3.63, 3.8) is 0 Å². The van der Waals surface area contributed by atoms with Gasteiger partial charge in [-0.1, -0.05) is 12.0 Å². The monoisotopic (exact) mass is 215 g/mol. The Morgan fingerprint density at radius 1 is 1.47 bits per heavy atom. The van der Waals surface area contributed by atoms with Crippen LogP contribution in [0.4, 0.5) is 5.82 Å². The second-order valence-corrected chi connectivity index (χ2v) is 3.77. The summed E-state index contributed by atoms with van der Waals surface area (Å²) in [5, 5.41) is 5.03. The van der Waals surface area contributed by atoms with Crippen LogP contribution in [0.2, 0.25) is 0 Å². The van der Waals surface area contributed by atoms with Crippen molar-refractivity contribution in [2.45, 2.75) is 0 Å². The highest BCUT2D eigenvalue weighted by molar-refractivity contribution is 7.13. The van der Waals surface area contributed by atoms with Gasteiger partial charge in [-0.15, -0.1) is 17.8 Å². The average Bonchev–Trinajstić information content (AvgIpc) is 2.80. The van der Waals surface area contributed by atoms with Gasteiger partial charge >= 0.3 is 0 Å². The third-order valence-corrected chi connectivity index (χ3v) is 2.70. The quantitative estimate of drug-likeness (QED) is 0.798. The Morgan fingerprint density at radius 3 is 3.13 bits per heavy atom. The molecule has 1 N–H and O–H groups in total. The predicted molar refractivity (Wildman–Crippen MR) is 62.7 cm³/mol. The van der Waals surface area contributed by atoms with Crippen LogP contribution >= 0.6 is 11.3 Å². The molecule has 74 valence electrons. The highest BCUT2D eigenvalue weighted by atomic mass is 32.1. The Kier molecular flexibility index (Phi) is 2.96. The first-order valence-corrected chi connectivity index (χ1v) is 5.31. The highest BCUT2D eigenvalue weighted by Gasteiger charge is 2.01. The molecule has 0 amide bonds. The van der Waals surface area contributed by atoms with Crippen LogP contribution in [0.1, 0.15) is 0 Å². The number of rotatable bonds is 3. The molecule has 2 rings (SSSR count). The first kappa shape index (κ1) is 9.69. The Bertz CT molecular complexity index is 471. The lowest BCUT2D eigenvalue weighted by molar-refractivity contribution is 1.15. The zero-order chi connectivity index (χ0) is 10.5. The summed E-state index contributed by atoms with van der Waals surface area (Å²) in [6.45, 7) is 0.473. The molecule has 0 atom stereocenters. The molecule has 0 aliphatic heterocycles. The van der Waals surface area contributed by atoms with Crippen LogP contribution in [0, 0.1) is 12.3 Å². The molecule has 0 radical (unpaired) electrons. The van der Waals surface area contributed by atoms with Crippen LogP contribution in [0.5, 0.6) is 0 Å². The van der Waals surface area contributed by atoms with Crippen molar-refractivity contribution in [2.75, 3.05) is 11.9 Å². The summed E-state index contributed by atoms with van der Waals surface area (Å²) in [5.74, 6) is 3.26. The average molecular weight is 215 g/mol. The smallest absolute Gasteiger partial charge is 0.130 e. The molecule has 2 aromatic heterocycles. The van der Waals surface area contributed by atoms with Gasteiger partial charge in [-0.05, 0) is 11.4 Å². The number of hydrogen-bond donors (Lipinski definition) is 1. The van der Waals surface area contributed by atoms with E-state index in [2.05, 4.69) is 21.2 Å². The van der Waals surface area contributed by atoms with E-state index in [9.17, 15) is 0 Å². The molecule has 0 unspecified atom stereocenters. The molecule has 15 heavy (non-hydrogen) atoms. The number of hydrogen-bond acceptors (Lipinski definition) is 4. The third kappa shape index (κ3) is 2.33. The summed E-state index contributed by atoms with van der Waals surface area (Å²) in [6, 6.07) is 5.91. The summed E-state index contributed by atoms with van der Waals surface area (Å²) >= 11 is 1.65. The lowest BCUT2D eigenvalue weighted by Gasteiger charge is -2.02. The van der Waals surface area contributed by atoms with E-state index in [1.807, 2.05) is 23.6 Å². The van der Waals surface area contributed by atoms with Gasteiger partial charge in [-0.3, -0.25) is 0 Å². The van der Waals surface area contributed by atoms with Gasteiger partial charge in [0, 0.05) is 6.07 Å². The number of anilines is 1. The minimum Gasteiger partial charge on any atom is -0.359 e. The summed E-state index contributed by atoms with van der Waals surface area (Å²) in [7, 11) is 0. The number of aromatic nitrogens is 2. The Labute approximate surface area is 92.2 Å². The fourth-order valence-corrected chi connectivity index (χ4v) is 1.85. The minimum absolute atomic E-state index is 0.473. The van der Waals surface area contributed by atoms with Crippen molar-refractivity contribution >= 4 is 17.2 Å². The number of thiophene rings is 1. The maximum Gasteiger partial charge on any atom is 0.130 e. The Morgan fingerprint density at radius 2 is 2.40 bits per heavy atom. The summed E-state index contributed by atoms with van der Waals surface area (Å²) in [4.78, 5) is 9.40. The second kappa shape index (κ2) is 4.58. The zero-order valence-corrected chi connectivity index (χ0v) is 8.79. The molecule has 4 heteroatoms. The van der Waals surface area contributed by atoms with Gasteiger partial charge in [0.1, 0.15) is 12.1 Å². The molecule has 0 saturated heterocycles. The van der Waals surface area contributed by atoms with E-state index in [0.29, 0.717) is 6.54 Å². The van der Waals surface area contributed by atoms with Crippen molar-refractivity contribution in [3.8, 4) is 22.9 Å². The van der Waals surface area contributed by atoms with Gasteiger partial charge in [-0.2, -0.15) is 0 Å². The number of terminal acetylenes is 1. The molecule has 0 aliphatic rings. The van der Waals surface area contributed by atoms with E-state index in [4.69, 9.17) is 6.42 Å². The van der Waals surface area contributed by atoms with Crippen LogP contribution in [-0.4, -0.2) is 16.5 Å². The van der Waals surface area contributed by atoms with E-state index >= 15 is 0 Å². The fraction of sp³-hybridized carbons (Fsp3) is 0.0909. The van der Waals surface area contributed by atoms with Crippen molar-refractivity contribution in [3.05, 3.63) is 29.9 Å². The van der Waals surface area contributed by atoms with E-state index in [0.717, 1.165) is 16.4 Å². The van der Waals surface area contributed by atoms with Crippen LogP contribution < -0.4 is 5.32 Å². The summed E-state index contributed by atoms with van der Waals surface area (Å²) < 4.78 is 0. The van der Waals surface area contributed by atoms with Crippen LogP contribution in [-0.2, 0) is 0 Å². The SMILES string of the molecule is C#CCNc1cc(-c2cccs2)ncn1. The summed E-state index contributed by atoms with van der Waals surface area (Å²) in [6.07, 6.45) is 6.69. The second-order valence-electron chi connectivity index (χ2n) is 2.82. The normalized spacial score (nSPS) is 9.53. The number of nitrogens with one attached hydrogen (secondary N) is 1. The zero-order valence-electron chi connectivity index (χ0n) is 7.97. The van der Waals surface area contributed by atoms with Gasteiger partial charge in [0.05, 0.1) is 17.1 Å². The predicted octanol–water partition coefficient (Wildman–Crippen LogP) is 2.25. The van der Waals surface area contributed by atoms with Crippen molar-refractivity contribution < 1.29 is 0 Å². The lowest BCUT2D eigenvalue weighted by Crippen LogP contribution is -2.01. The fourth-order valence-electron chi connectivity index (χ4n) is 1.15. The minimum atomic E-state index is 0.473. The van der Waals surface area contributed by atoms with Gasteiger partial charge in [0.25, 0.3) is 0 Å². The standard InChI is InChI=1S/C11H9N3S/c1-2-5-12-11-7-9(13-8-14-11)10-4-3-6-15-10/h1,3-4,6-8H,5H2,(H,12,13,14). The van der Waals surface area contributed by atoms with Gasteiger partial charge in [0.2, 0.25) is 0 Å². The molecule has 0 saturated carbocycles. The molecule has 0 aliphatic carbocycles. The maximum absolute atomic E-state index is 5.16. The first-order chi connectivity index (χ1) is 7.40. The van der Waals surface area contributed by atoms with Crippen molar-refractivity contribution in [1.29, 1.82) is 0 Å². The van der Waals surface area contributed by atoms with Crippen LogP contribution in [0.25, 0.3) is 10.6 Å². The molecule has 2 aromatic rings. The molecular weight excluding hydrogens is 206 g/mol. The molecule has 2 heterocycles. The lowest BCUT2D eigenvalue weighted by atomic mass is 10.3. The van der Waals surface area contributed by atoms with Gasteiger partial charge < -0.3 is 5.32 Å². The van der Waals surface area contributed by atoms with Crippen molar-refractivity contribution in [1.82, 2.24) is 9.97 Å². The highest BCUT2D eigenvalue weighted by Crippen LogP contribution is 2.23. The topological polar surface area (TPSA) is 37.8 Å². The molecule has 0 spiro atoms. The van der Waals surface area contributed by atoms with Crippen molar-refractivity contribution in [2.24, 2.45) is 0 Å². The van der Waals surface area contributed by atoms with Crippen LogP contribution in [0.3, 0.4) is 0 Å². The molecule has 3 nitrogen and oxygen atoms in total. The van der Waals surface area contributed by atoms with E-state index in [-0.39, 0.29) is 0 Å². The van der Waals surface area contributed by atoms with E-state index in [1.54, 1.807) is 11.3 Å². The Balaban J connectivity index is 2.24. The molecule has 0 bridgehead atoms. The molecular formula is C11H9N3S. The van der Waals surface area contributed by atoms with Gasteiger partial charge in [0.15, 0.2) is 0 Å². The van der Waals surface area contributed by atoms with Crippen LogP contribution in [0.15, 0.2) is 29.9 Å². The number of nitrogens with zero attached hydrogens (tertiary/aromatic N) is 2. The summed E-state index contributed by atoms with van der Waals surface area (Å²) in [5.41, 5.74) is 0.916. The molecule has 0 fully saturated rings. The van der Waals surface area contributed by atoms with E-state index < -0.39 is 0 Å². The van der Waals surface area contributed by atoms with E-state index in [1.165, 1.54) is 6.33 Å².